The number of aromatic nitrogens is 1. The third kappa shape index (κ3) is 3.85. The van der Waals surface area contributed by atoms with Gasteiger partial charge in [-0.2, -0.15) is 5.26 Å². The molecule has 19 heavy (non-hydrogen) atoms. The zero-order valence-electron chi connectivity index (χ0n) is 11.0. The van der Waals surface area contributed by atoms with Crippen molar-refractivity contribution in [3.05, 3.63) is 24.0 Å². The molecule has 1 rings (SSSR count). The molecular formula is C13H17N3O3. The lowest BCUT2D eigenvalue weighted by molar-refractivity contribution is -0.132. The van der Waals surface area contributed by atoms with E-state index in [2.05, 4.69) is 6.07 Å². The minimum absolute atomic E-state index is 0.0272. The third-order valence-corrected chi connectivity index (χ3v) is 2.80. The van der Waals surface area contributed by atoms with Crippen LogP contribution in [0.1, 0.15) is 24.3 Å². The van der Waals surface area contributed by atoms with E-state index in [1.54, 1.807) is 24.1 Å². The molecule has 102 valence electrons. The number of aromatic carboxylic acids is 1. The molecule has 0 aliphatic heterocycles. The SMILES string of the molecule is CCN(CC(C)C#N)C(=O)Cn1cccc1C(=O)O. The van der Waals surface area contributed by atoms with Crippen LogP contribution < -0.4 is 0 Å². The Labute approximate surface area is 111 Å². The summed E-state index contributed by atoms with van der Waals surface area (Å²) in [5.74, 6) is -1.50. The second-order valence-electron chi connectivity index (χ2n) is 4.29. The first kappa shape index (κ1) is 14.8. The standard InChI is InChI=1S/C13H17N3O3/c1-3-15(8-10(2)7-14)12(17)9-16-6-4-5-11(16)13(18)19/h4-6,10H,3,8-9H2,1-2H3,(H,18,19). The number of nitrogens with zero attached hydrogens (tertiary/aromatic N) is 3. The molecule has 1 atom stereocenters. The first-order chi connectivity index (χ1) is 8.99. The summed E-state index contributed by atoms with van der Waals surface area (Å²) in [5, 5.41) is 17.7. The summed E-state index contributed by atoms with van der Waals surface area (Å²) in [6, 6.07) is 5.11. The molecule has 1 N–H and O–H groups in total. The van der Waals surface area contributed by atoms with Crippen molar-refractivity contribution in [3.8, 4) is 6.07 Å². The van der Waals surface area contributed by atoms with Crippen LogP contribution in [-0.4, -0.2) is 39.5 Å². The number of hydrogen-bond donors (Lipinski definition) is 1. The normalized spacial score (nSPS) is 11.6. The highest BCUT2D eigenvalue weighted by molar-refractivity contribution is 5.86. The molecule has 0 saturated heterocycles. The average Bonchev–Trinajstić information content (AvgIpc) is 2.83. The molecule has 0 bridgehead atoms. The maximum absolute atomic E-state index is 12.1. The van der Waals surface area contributed by atoms with Gasteiger partial charge in [-0.15, -0.1) is 0 Å². The van der Waals surface area contributed by atoms with E-state index in [0.717, 1.165) is 0 Å². The zero-order valence-corrected chi connectivity index (χ0v) is 11.0. The summed E-state index contributed by atoms with van der Waals surface area (Å²) in [7, 11) is 0. The van der Waals surface area contributed by atoms with Crippen molar-refractivity contribution < 1.29 is 14.7 Å². The smallest absolute Gasteiger partial charge is 0.352 e. The van der Waals surface area contributed by atoms with Crippen LogP contribution >= 0.6 is 0 Å². The van der Waals surface area contributed by atoms with Gasteiger partial charge in [0.15, 0.2) is 0 Å². The Hall–Kier alpha value is -2.29. The maximum atomic E-state index is 12.1. The van der Waals surface area contributed by atoms with E-state index in [1.807, 2.05) is 6.92 Å². The van der Waals surface area contributed by atoms with Crippen molar-refractivity contribution in [2.24, 2.45) is 5.92 Å². The molecule has 6 heteroatoms. The first-order valence-corrected chi connectivity index (χ1v) is 6.05. The second-order valence-corrected chi connectivity index (χ2v) is 4.29. The molecular weight excluding hydrogens is 246 g/mol. The van der Waals surface area contributed by atoms with Crippen LogP contribution in [0.15, 0.2) is 18.3 Å². The Morgan fingerprint density at radius 3 is 2.79 bits per heavy atom. The molecule has 0 fully saturated rings. The number of amides is 1. The van der Waals surface area contributed by atoms with Gasteiger partial charge in [0.25, 0.3) is 0 Å². The summed E-state index contributed by atoms with van der Waals surface area (Å²) in [6.07, 6.45) is 1.56. The molecule has 0 radical (unpaired) electrons. The van der Waals surface area contributed by atoms with Crippen LogP contribution in [0, 0.1) is 17.2 Å². The summed E-state index contributed by atoms with van der Waals surface area (Å²) < 4.78 is 1.39. The van der Waals surface area contributed by atoms with Gasteiger partial charge in [0, 0.05) is 19.3 Å². The van der Waals surface area contributed by atoms with Crippen molar-refractivity contribution in [2.45, 2.75) is 20.4 Å². The maximum Gasteiger partial charge on any atom is 0.352 e. The van der Waals surface area contributed by atoms with E-state index < -0.39 is 5.97 Å². The van der Waals surface area contributed by atoms with Gasteiger partial charge in [-0.3, -0.25) is 4.79 Å². The van der Waals surface area contributed by atoms with E-state index in [9.17, 15) is 9.59 Å². The molecule has 6 nitrogen and oxygen atoms in total. The number of carbonyl (C=O) groups is 2. The minimum Gasteiger partial charge on any atom is -0.477 e. The lowest BCUT2D eigenvalue weighted by Crippen LogP contribution is -2.37. The van der Waals surface area contributed by atoms with E-state index in [4.69, 9.17) is 10.4 Å². The first-order valence-electron chi connectivity index (χ1n) is 6.05. The Bertz CT molecular complexity index is 501. The number of hydrogen-bond acceptors (Lipinski definition) is 3. The van der Waals surface area contributed by atoms with E-state index >= 15 is 0 Å². The van der Waals surface area contributed by atoms with Gasteiger partial charge in [-0.25, -0.2) is 4.79 Å². The van der Waals surface area contributed by atoms with Crippen LogP contribution in [-0.2, 0) is 11.3 Å². The van der Waals surface area contributed by atoms with Crippen molar-refractivity contribution in [1.29, 1.82) is 5.26 Å². The van der Waals surface area contributed by atoms with E-state index in [1.165, 1.54) is 10.6 Å². The topological polar surface area (TPSA) is 86.3 Å². The molecule has 1 amide bonds. The van der Waals surface area contributed by atoms with Crippen LogP contribution in [0.5, 0.6) is 0 Å². The molecule has 1 unspecified atom stereocenters. The molecule has 1 aromatic rings. The Kier molecular flexibility index (Phi) is 5.12. The highest BCUT2D eigenvalue weighted by atomic mass is 16.4. The number of carboxylic acid groups (broad SMARTS) is 1. The predicted molar refractivity (Wildman–Crippen MR) is 68.4 cm³/mol. The molecule has 0 aliphatic rings. The minimum atomic E-state index is -1.06. The van der Waals surface area contributed by atoms with Gasteiger partial charge in [-0.05, 0) is 26.0 Å². The molecule has 0 spiro atoms. The fraction of sp³-hybridized carbons (Fsp3) is 0.462. The van der Waals surface area contributed by atoms with Crippen molar-refractivity contribution >= 4 is 11.9 Å². The Balaban J connectivity index is 2.75. The van der Waals surface area contributed by atoms with E-state index in [-0.39, 0.29) is 24.1 Å². The molecule has 1 aromatic heterocycles. The number of rotatable bonds is 6. The Morgan fingerprint density at radius 1 is 1.58 bits per heavy atom. The summed E-state index contributed by atoms with van der Waals surface area (Å²) in [6.45, 7) is 4.40. The summed E-state index contributed by atoms with van der Waals surface area (Å²) in [5.41, 5.74) is 0.0812. The van der Waals surface area contributed by atoms with Gasteiger partial charge < -0.3 is 14.6 Å². The molecule has 1 heterocycles. The fourth-order valence-corrected chi connectivity index (χ4v) is 1.77. The second kappa shape index (κ2) is 6.59. The lowest BCUT2D eigenvalue weighted by atomic mass is 10.2. The van der Waals surface area contributed by atoms with Gasteiger partial charge in [-0.1, -0.05) is 0 Å². The molecule has 0 aromatic carbocycles. The number of nitriles is 1. The van der Waals surface area contributed by atoms with Crippen LogP contribution in [0.25, 0.3) is 0 Å². The molecule has 0 saturated carbocycles. The molecule has 0 aliphatic carbocycles. The van der Waals surface area contributed by atoms with Crippen LogP contribution in [0.4, 0.5) is 0 Å². The monoisotopic (exact) mass is 263 g/mol. The van der Waals surface area contributed by atoms with Crippen molar-refractivity contribution in [1.82, 2.24) is 9.47 Å². The van der Waals surface area contributed by atoms with Crippen molar-refractivity contribution in [3.63, 3.8) is 0 Å². The van der Waals surface area contributed by atoms with Gasteiger partial charge in [0.1, 0.15) is 12.2 Å². The third-order valence-electron chi connectivity index (χ3n) is 2.80. The summed E-state index contributed by atoms with van der Waals surface area (Å²) in [4.78, 5) is 24.6. The number of likely N-dealkylation sites (N-methyl/N-ethyl adjacent to an activating group) is 1. The van der Waals surface area contributed by atoms with Gasteiger partial charge >= 0.3 is 5.97 Å². The Morgan fingerprint density at radius 2 is 2.26 bits per heavy atom. The highest BCUT2D eigenvalue weighted by Crippen LogP contribution is 2.05. The van der Waals surface area contributed by atoms with Gasteiger partial charge in [0.05, 0.1) is 12.0 Å². The number of carboxylic acids is 1. The highest BCUT2D eigenvalue weighted by Gasteiger charge is 2.17. The fourth-order valence-electron chi connectivity index (χ4n) is 1.77. The average molecular weight is 263 g/mol. The number of carbonyl (C=O) groups excluding carboxylic acids is 1. The quantitative estimate of drug-likeness (QED) is 0.835. The largest absolute Gasteiger partial charge is 0.477 e. The van der Waals surface area contributed by atoms with Crippen LogP contribution in [0.2, 0.25) is 0 Å². The summed E-state index contributed by atoms with van der Waals surface area (Å²) >= 11 is 0. The predicted octanol–water partition coefficient (Wildman–Crippen LogP) is 1.19. The van der Waals surface area contributed by atoms with Gasteiger partial charge in [0.2, 0.25) is 5.91 Å². The zero-order chi connectivity index (χ0) is 14.4. The van der Waals surface area contributed by atoms with Crippen molar-refractivity contribution in [2.75, 3.05) is 13.1 Å². The lowest BCUT2D eigenvalue weighted by Gasteiger charge is -2.22. The van der Waals surface area contributed by atoms with Crippen LogP contribution in [0.3, 0.4) is 0 Å². The van der Waals surface area contributed by atoms with E-state index in [0.29, 0.717) is 13.1 Å².